The van der Waals surface area contributed by atoms with E-state index in [1.54, 1.807) is 0 Å². The van der Waals surface area contributed by atoms with Crippen LogP contribution in [-0.4, -0.2) is 14.7 Å². The highest BCUT2D eigenvalue weighted by atomic mass is 32.1. The summed E-state index contributed by atoms with van der Waals surface area (Å²) in [4.78, 5) is 0. The third kappa shape index (κ3) is 5.45. The van der Waals surface area contributed by atoms with Gasteiger partial charge in [0.1, 0.15) is 0 Å². The highest BCUT2D eigenvalue weighted by molar-refractivity contribution is 7.26. The quantitative estimate of drug-likeness (QED) is 0.122. The lowest BCUT2D eigenvalue weighted by molar-refractivity contribution is -0.0511. The minimum atomic E-state index is -0.482. The van der Waals surface area contributed by atoms with Crippen LogP contribution in [0.4, 0.5) is 0 Å². The molecule has 0 bridgehead atoms. The van der Waals surface area contributed by atoms with E-state index in [2.05, 4.69) is 216 Å². The fraction of sp³-hybridized carbons (Fsp3) is 0.0690. The van der Waals surface area contributed by atoms with Gasteiger partial charge in [-0.2, -0.15) is 5.12 Å². The van der Waals surface area contributed by atoms with Crippen molar-refractivity contribution in [2.75, 3.05) is 0 Å². The number of rotatable bonds is 8. The molecule has 2 aromatic heterocycles. The standard InChI is InChI=1S/C58H42N4S/c59-61(60(35-38-16-3-1-4-17-38)36-39-18-5-2-6-19-39)37-40-20-15-21-41(32-40)42-30-31-52-47(33-42)55-56-51(34-46-45-24-9-14-29-54(45)63-57(46)55)58(50-27-12-13-28-53(50)62(52)56)48-25-10-7-22-43(48)44-23-8-11-26-49(44)58/h1-34H,35-37,59H2. The average molecular weight is 827 g/mol. The average Bonchev–Trinajstić information content (AvgIpc) is 3.98. The molecule has 9 aromatic carbocycles. The maximum Gasteiger partial charge on any atom is 0.0754 e. The van der Waals surface area contributed by atoms with Gasteiger partial charge in [-0.15, -0.1) is 11.3 Å². The van der Waals surface area contributed by atoms with Gasteiger partial charge in [-0.3, -0.25) is 5.84 Å². The number of fused-ring (bicyclic) bond motifs is 16. The number of thiophene rings is 1. The molecule has 2 aliphatic rings. The van der Waals surface area contributed by atoms with Crippen LogP contribution in [0.15, 0.2) is 206 Å². The van der Waals surface area contributed by atoms with E-state index >= 15 is 0 Å². The molecule has 3 heterocycles. The second-order valence-electron chi connectivity index (χ2n) is 17.1. The molecule has 2 N–H and O–H groups in total. The first kappa shape index (κ1) is 36.5. The molecular formula is C58H42N4S. The summed E-state index contributed by atoms with van der Waals surface area (Å²) >= 11 is 1.92. The van der Waals surface area contributed by atoms with Crippen molar-refractivity contribution >= 4 is 53.3 Å². The number of hydrogen-bond donors (Lipinski definition) is 1. The van der Waals surface area contributed by atoms with Crippen LogP contribution in [0.1, 0.15) is 38.9 Å². The lowest BCUT2D eigenvalue weighted by atomic mass is 9.65. The van der Waals surface area contributed by atoms with Crippen LogP contribution in [0, 0.1) is 0 Å². The van der Waals surface area contributed by atoms with Gasteiger partial charge in [0.25, 0.3) is 0 Å². The summed E-state index contributed by atoms with van der Waals surface area (Å²) in [6.45, 7) is 1.99. The van der Waals surface area contributed by atoms with Crippen LogP contribution < -0.4 is 5.84 Å². The molecule has 11 aromatic rings. The third-order valence-corrected chi connectivity index (χ3v) is 14.9. The Morgan fingerprint density at radius 3 is 1.79 bits per heavy atom. The third-order valence-electron chi connectivity index (χ3n) is 13.7. The van der Waals surface area contributed by atoms with Gasteiger partial charge in [-0.05, 0) is 97.6 Å². The summed E-state index contributed by atoms with van der Waals surface area (Å²) < 4.78 is 5.23. The van der Waals surface area contributed by atoms with Crippen molar-refractivity contribution in [3.8, 4) is 27.9 Å². The largest absolute Gasteiger partial charge is 0.309 e. The van der Waals surface area contributed by atoms with E-state index in [0.717, 1.165) is 5.56 Å². The minimum Gasteiger partial charge on any atom is -0.309 e. The Balaban J connectivity index is 1.00. The van der Waals surface area contributed by atoms with Gasteiger partial charge < -0.3 is 4.57 Å². The van der Waals surface area contributed by atoms with Gasteiger partial charge in [0.05, 0.1) is 28.7 Å². The minimum absolute atomic E-state index is 0.482. The van der Waals surface area contributed by atoms with Crippen LogP contribution >= 0.6 is 11.3 Å². The molecule has 5 heteroatoms. The normalized spacial score (nSPS) is 13.4. The topological polar surface area (TPSA) is 37.4 Å². The van der Waals surface area contributed by atoms with Crippen molar-refractivity contribution in [1.29, 1.82) is 0 Å². The number of benzene rings is 9. The van der Waals surface area contributed by atoms with E-state index in [9.17, 15) is 0 Å². The Bertz CT molecular complexity index is 3500. The zero-order chi connectivity index (χ0) is 41.6. The van der Waals surface area contributed by atoms with Crippen LogP contribution in [-0.2, 0) is 25.0 Å². The van der Waals surface area contributed by atoms with Crippen molar-refractivity contribution in [3.05, 3.63) is 245 Å². The number of hydrogen-bond acceptors (Lipinski definition) is 4. The molecule has 300 valence electrons. The van der Waals surface area contributed by atoms with E-state index in [1.807, 2.05) is 16.5 Å². The van der Waals surface area contributed by atoms with E-state index in [-0.39, 0.29) is 0 Å². The van der Waals surface area contributed by atoms with Gasteiger partial charge in [0.2, 0.25) is 0 Å². The molecule has 0 atom stereocenters. The molecule has 4 nitrogen and oxygen atoms in total. The van der Waals surface area contributed by atoms with Crippen LogP contribution in [0.3, 0.4) is 0 Å². The van der Waals surface area contributed by atoms with Gasteiger partial charge in [-0.1, -0.05) is 170 Å². The van der Waals surface area contributed by atoms with Gasteiger partial charge in [-0.25, -0.2) is 5.01 Å². The molecule has 1 spiro atoms. The summed E-state index contributed by atoms with van der Waals surface area (Å²) in [5, 5.41) is 9.36. The Labute approximate surface area is 370 Å². The first-order chi connectivity index (χ1) is 31.1. The van der Waals surface area contributed by atoms with E-state index < -0.39 is 5.41 Å². The molecule has 13 rings (SSSR count). The highest BCUT2D eigenvalue weighted by Crippen LogP contribution is 2.62. The SMILES string of the molecule is NN(Cc1cccc(-c2ccc3c(c2)c2c4sc5ccccc5c4cc4c2n3-c2ccccc2C42c3ccccc3-c3ccccc32)c1)N(Cc1ccccc1)Cc1ccccc1. The van der Waals surface area contributed by atoms with E-state index in [0.29, 0.717) is 19.6 Å². The second kappa shape index (κ2) is 14.2. The van der Waals surface area contributed by atoms with Crippen molar-refractivity contribution in [3.63, 3.8) is 0 Å². The first-order valence-corrected chi connectivity index (χ1v) is 22.6. The lowest BCUT2D eigenvalue weighted by Crippen LogP contribution is -2.46. The number of nitrogens with two attached hydrogens (primary N) is 1. The molecule has 0 unspecified atom stereocenters. The first-order valence-electron chi connectivity index (χ1n) is 21.8. The molecule has 1 aliphatic carbocycles. The lowest BCUT2D eigenvalue weighted by Gasteiger charge is -2.39. The summed E-state index contributed by atoms with van der Waals surface area (Å²) in [6.07, 6.45) is 0. The number of hydrazine groups is 2. The summed E-state index contributed by atoms with van der Waals surface area (Å²) in [5.41, 5.74) is 17.3. The summed E-state index contributed by atoms with van der Waals surface area (Å²) in [7, 11) is 0. The zero-order valence-electron chi connectivity index (χ0n) is 34.6. The maximum atomic E-state index is 7.00. The van der Waals surface area contributed by atoms with E-state index in [1.165, 1.54) is 103 Å². The van der Waals surface area contributed by atoms with Crippen LogP contribution in [0.25, 0.3) is 69.9 Å². The van der Waals surface area contributed by atoms with Gasteiger partial charge in [0.15, 0.2) is 0 Å². The van der Waals surface area contributed by atoms with Gasteiger partial charge in [0, 0.05) is 44.0 Å². The van der Waals surface area contributed by atoms with Crippen molar-refractivity contribution in [2.45, 2.75) is 25.0 Å². The summed E-state index contributed by atoms with van der Waals surface area (Å²) in [5.74, 6) is 7.00. The zero-order valence-corrected chi connectivity index (χ0v) is 35.4. The number of nitrogens with zero attached hydrogens (tertiary/aromatic N) is 3. The molecule has 0 saturated carbocycles. The Morgan fingerprint density at radius 1 is 0.460 bits per heavy atom. The molecule has 0 amide bonds. The molecule has 1 aliphatic heterocycles. The fourth-order valence-corrected chi connectivity index (χ4v) is 12.2. The monoisotopic (exact) mass is 826 g/mol. The fourth-order valence-electron chi connectivity index (χ4n) is 11.0. The van der Waals surface area contributed by atoms with E-state index in [4.69, 9.17) is 5.84 Å². The summed E-state index contributed by atoms with van der Waals surface area (Å²) in [6, 6.07) is 76.1. The Kier molecular flexibility index (Phi) is 8.24. The van der Waals surface area contributed by atoms with Crippen LogP contribution in [0.5, 0.6) is 0 Å². The second-order valence-corrected chi connectivity index (χ2v) is 18.2. The Morgan fingerprint density at radius 2 is 1.06 bits per heavy atom. The molecule has 0 radical (unpaired) electrons. The van der Waals surface area contributed by atoms with Gasteiger partial charge >= 0.3 is 0 Å². The number of aromatic nitrogens is 1. The highest BCUT2D eigenvalue weighted by Gasteiger charge is 2.51. The predicted octanol–water partition coefficient (Wildman–Crippen LogP) is 13.8. The van der Waals surface area contributed by atoms with Crippen molar-refractivity contribution < 1.29 is 0 Å². The molecule has 0 saturated heterocycles. The molecule has 0 fully saturated rings. The number of para-hydroxylation sites is 1. The maximum absolute atomic E-state index is 7.00. The Hall–Kier alpha value is -7.12. The van der Waals surface area contributed by atoms with Crippen molar-refractivity contribution in [2.24, 2.45) is 5.84 Å². The smallest absolute Gasteiger partial charge is 0.0754 e. The van der Waals surface area contributed by atoms with Crippen molar-refractivity contribution in [1.82, 2.24) is 14.7 Å². The predicted molar refractivity (Wildman–Crippen MR) is 262 cm³/mol. The van der Waals surface area contributed by atoms with Crippen LogP contribution in [0.2, 0.25) is 0 Å². The molecular weight excluding hydrogens is 785 g/mol. The molecule has 63 heavy (non-hydrogen) atoms.